The minimum absolute atomic E-state index is 0.813. The first-order valence-electron chi connectivity index (χ1n) is 7.55. The number of fused-ring (bicyclic) bond motifs is 1. The average molecular weight is 333 g/mol. The number of benzene rings is 2. The molecule has 2 aromatic carbocycles. The summed E-state index contributed by atoms with van der Waals surface area (Å²) in [7, 11) is 1.67. The van der Waals surface area contributed by atoms with Gasteiger partial charge in [-0.15, -0.1) is 0 Å². The first-order chi connectivity index (χ1) is 11.8. The number of aromatic amines is 1. The number of pyridine rings is 1. The molecule has 24 heavy (non-hydrogen) atoms. The first kappa shape index (κ1) is 14.8. The molecule has 4 nitrogen and oxygen atoms in total. The molecule has 0 aliphatic heterocycles. The lowest BCUT2D eigenvalue weighted by atomic mass is 10.1. The predicted octanol–water partition coefficient (Wildman–Crippen LogP) is 4.78. The van der Waals surface area contributed by atoms with Gasteiger partial charge in [-0.3, -0.25) is 4.98 Å². The molecule has 0 saturated heterocycles. The summed E-state index contributed by atoms with van der Waals surface area (Å²) in [6, 6.07) is 19.9. The lowest BCUT2D eigenvalue weighted by Gasteiger charge is -2.09. The van der Waals surface area contributed by atoms with Crippen molar-refractivity contribution in [2.45, 2.75) is 10.1 Å². The number of hydrogen-bond donors (Lipinski definition) is 1. The molecule has 0 radical (unpaired) electrons. The van der Waals surface area contributed by atoms with Gasteiger partial charge in [0.1, 0.15) is 5.75 Å². The van der Waals surface area contributed by atoms with Crippen molar-refractivity contribution >= 4 is 22.8 Å². The van der Waals surface area contributed by atoms with Crippen molar-refractivity contribution in [2.24, 2.45) is 0 Å². The molecule has 0 aliphatic carbocycles. The molecule has 0 amide bonds. The fourth-order valence-corrected chi connectivity index (χ4v) is 3.50. The van der Waals surface area contributed by atoms with Crippen LogP contribution in [0.25, 0.3) is 22.3 Å². The number of para-hydroxylation sites is 2. The van der Waals surface area contributed by atoms with Crippen LogP contribution in [0.4, 0.5) is 0 Å². The highest BCUT2D eigenvalue weighted by molar-refractivity contribution is 7.99. The fraction of sp³-hybridized carbons (Fsp3) is 0.0526. The quantitative estimate of drug-likeness (QED) is 0.584. The van der Waals surface area contributed by atoms with Crippen LogP contribution in [0.3, 0.4) is 0 Å². The van der Waals surface area contributed by atoms with Crippen molar-refractivity contribution in [3.05, 3.63) is 66.9 Å². The first-order valence-corrected chi connectivity index (χ1v) is 8.37. The zero-order valence-corrected chi connectivity index (χ0v) is 13.9. The van der Waals surface area contributed by atoms with Crippen LogP contribution in [-0.4, -0.2) is 22.1 Å². The Hall–Kier alpha value is -2.79. The van der Waals surface area contributed by atoms with E-state index in [-0.39, 0.29) is 0 Å². The second kappa shape index (κ2) is 6.37. The summed E-state index contributed by atoms with van der Waals surface area (Å²) in [6.07, 6.45) is 1.80. The Morgan fingerprint density at radius 1 is 1.00 bits per heavy atom. The van der Waals surface area contributed by atoms with E-state index in [4.69, 9.17) is 4.74 Å². The minimum Gasteiger partial charge on any atom is -0.497 e. The maximum Gasteiger partial charge on any atom is 0.171 e. The van der Waals surface area contributed by atoms with Crippen LogP contribution in [0.2, 0.25) is 0 Å². The molecule has 0 spiro atoms. The van der Waals surface area contributed by atoms with Gasteiger partial charge in [-0.25, -0.2) is 4.98 Å². The topological polar surface area (TPSA) is 50.8 Å². The van der Waals surface area contributed by atoms with Gasteiger partial charge in [0.25, 0.3) is 0 Å². The van der Waals surface area contributed by atoms with Crippen LogP contribution < -0.4 is 4.74 Å². The van der Waals surface area contributed by atoms with Gasteiger partial charge in [0.05, 0.1) is 23.8 Å². The van der Waals surface area contributed by atoms with Crippen molar-refractivity contribution in [1.82, 2.24) is 15.0 Å². The highest BCUT2D eigenvalue weighted by Crippen LogP contribution is 2.37. The lowest BCUT2D eigenvalue weighted by Crippen LogP contribution is -1.89. The second-order valence-electron chi connectivity index (χ2n) is 5.24. The van der Waals surface area contributed by atoms with E-state index >= 15 is 0 Å². The third kappa shape index (κ3) is 2.86. The number of H-pyrrole nitrogens is 1. The highest BCUT2D eigenvalue weighted by Gasteiger charge is 2.12. The van der Waals surface area contributed by atoms with Gasteiger partial charge in [0, 0.05) is 16.7 Å². The minimum atomic E-state index is 0.813. The van der Waals surface area contributed by atoms with Gasteiger partial charge >= 0.3 is 0 Å². The Morgan fingerprint density at radius 3 is 2.67 bits per heavy atom. The molecule has 0 saturated carbocycles. The zero-order chi connectivity index (χ0) is 16.4. The molecule has 2 heterocycles. The van der Waals surface area contributed by atoms with E-state index in [2.05, 4.69) is 15.0 Å². The van der Waals surface area contributed by atoms with E-state index in [0.717, 1.165) is 38.1 Å². The second-order valence-corrected chi connectivity index (χ2v) is 6.27. The Bertz CT molecular complexity index is 949. The SMILES string of the molecule is COc1ccc(-c2ccccn2)c(Sc2nc3ccccc3[nH]2)c1. The highest BCUT2D eigenvalue weighted by atomic mass is 32.2. The van der Waals surface area contributed by atoms with Crippen LogP contribution >= 0.6 is 11.8 Å². The Kier molecular flexibility index (Phi) is 3.92. The normalized spacial score (nSPS) is 10.9. The molecule has 0 aliphatic rings. The average Bonchev–Trinajstić information content (AvgIpc) is 3.04. The van der Waals surface area contributed by atoms with E-state index in [0.29, 0.717) is 0 Å². The van der Waals surface area contributed by atoms with Crippen molar-refractivity contribution < 1.29 is 4.74 Å². The summed E-state index contributed by atoms with van der Waals surface area (Å²) in [5.41, 5.74) is 3.98. The summed E-state index contributed by atoms with van der Waals surface area (Å²) < 4.78 is 5.38. The van der Waals surface area contributed by atoms with Gasteiger partial charge in [-0.1, -0.05) is 30.0 Å². The molecule has 4 aromatic rings. The largest absolute Gasteiger partial charge is 0.497 e. The third-order valence-electron chi connectivity index (χ3n) is 3.70. The Labute approximate surface area is 143 Å². The monoisotopic (exact) mass is 333 g/mol. The molecule has 5 heteroatoms. The van der Waals surface area contributed by atoms with E-state index in [1.165, 1.54) is 0 Å². The Balaban J connectivity index is 1.77. The summed E-state index contributed by atoms with van der Waals surface area (Å²) in [6.45, 7) is 0. The van der Waals surface area contributed by atoms with Crippen LogP contribution in [0, 0.1) is 0 Å². The lowest BCUT2D eigenvalue weighted by molar-refractivity contribution is 0.414. The van der Waals surface area contributed by atoms with Crippen LogP contribution in [0.15, 0.2) is 76.9 Å². The summed E-state index contributed by atoms with van der Waals surface area (Å²) in [5, 5.41) is 0.849. The van der Waals surface area contributed by atoms with Crippen LogP contribution in [0.1, 0.15) is 0 Å². The van der Waals surface area contributed by atoms with Crippen molar-refractivity contribution in [3.63, 3.8) is 0 Å². The van der Waals surface area contributed by atoms with Crippen molar-refractivity contribution in [2.75, 3.05) is 7.11 Å². The molecule has 0 unspecified atom stereocenters. The molecular formula is C19H15N3OS. The van der Waals surface area contributed by atoms with Crippen molar-refractivity contribution in [1.29, 1.82) is 0 Å². The van der Waals surface area contributed by atoms with Gasteiger partial charge in [0.2, 0.25) is 0 Å². The summed E-state index contributed by atoms with van der Waals surface area (Å²) in [5.74, 6) is 0.813. The van der Waals surface area contributed by atoms with Gasteiger partial charge < -0.3 is 9.72 Å². The standard InChI is InChI=1S/C19H15N3OS/c1-23-13-9-10-14(15-6-4-5-11-20-15)18(12-13)24-19-21-16-7-2-3-8-17(16)22-19/h2-12H,1H3,(H,21,22). The van der Waals surface area contributed by atoms with Gasteiger partial charge in [-0.05, 0) is 42.5 Å². The Morgan fingerprint density at radius 2 is 1.88 bits per heavy atom. The number of methoxy groups -OCH3 is 1. The zero-order valence-electron chi connectivity index (χ0n) is 13.1. The summed E-state index contributed by atoms with van der Waals surface area (Å²) >= 11 is 1.58. The number of nitrogens with zero attached hydrogens (tertiary/aromatic N) is 2. The molecular weight excluding hydrogens is 318 g/mol. The van der Waals surface area contributed by atoms with Gasteiger partial charge in [-0.2, -0.15) is 0 Å². The maximum absolute atomic E-state index is 5.38. The molecule has 118 valence electrons. The van der Waals surface area contributed by atoms with Crippen LogP contribution in [0.5, 0.6) is 5.75 Å². The maximum atomic E-state index is 5.38. The molecule has 4 rings (SSSR count). The molecule has 0 atom stereocenters. The van der Waals surface area contributed by atoms with Gasteiger partial charge in [0.15, 0.2) is 5.16 Å². The smallest absolute Gasteiger partial charge is 0.171 e. The molecule has 2 aromatic heterocycles. The number of hydrogen-bond acceptors (Lipinski definition) is 4. The molecule has 1 N–H and O–H groups in total. The van der Waals surface area contributed by atoms with E-state index in [9.17, 15) is 0 Å². The van der Waals surface area contributed by atoms with E-state index in [1.54, 1.807) is 25.1 Å². The van der Waals surface area contributed by atoms with Crippen LogP contribution in [-0.2, 0) is 0 Å². The number of nitrogens with one attached hydrogen (secondary N) is 1. The third-order valence-corrected chi connectivity index (χ3v) is 4.65. The number of rotatable bonds is 4. The summed E-state index contributed by atoms with van der Waals surface area (Å²) in [4.78, 5) is 13.5. The molecule has 0 bridgehead atoms. The van der Waals surface area contributed by atoms with E-state index < -0.39 is 0 Å². The number of imidazole rings is 1. The number of ether oxygens (including phenoxy) is 1. The predicted molar refractivity (Wildman–Crippen MR) is 96.4 cm³/mol. The van der Waals surface area contributed by atoms with E-state index in [1.807, 2.05) is 60.7 Å². The van der Waals surface area contributed by atoms with Crippen molar-refractivity contribution in [3.8, 4) is 17.0 Å². The number of aromatic nitrogens is 3. The molecule has 0 fully saturated rings. The fourth-order valence-electron chi connectivity index (χ4n) is 2.53.